The van der Waals surface area contributed by atoms with Crippen LogP contribution in [0.15, 0.2) is 73.3 Å². The maximum absolute atomic E-state index is 13.5. The van der Waals surface area contributed by atoms with Crippen LogP contribution < -0.4 is 21.7 Å². The number of amides is 3. The zero-order valence-corrected chi connectivity index (χ0v) is 23.5. The number of carboxylic acids is 1. The molecule has 0 aliphatic rings. The molecule has 4 rings (SSSR count). The summed E-state index contributed by atoms with van der Waals surface area (Å²) in [5, 5.41) is 18.7. The van der Waals surface area contributed by atoms with Crippen molar-refractivity contribution in [1.82, 2.24) is 30.9 Å². The third kappa shape index (κ3) is 7.98. The van der Waals surface area contributed by atoms with E-state index in [2.05, 4.69) is 43.5 Å². The quantitative estimate of drug-likeness (QED) is 0.0989. The molecule has 0 aliphatic heterocycles. The van der Waals surface area contributed by atoms with Crippen LogP contribution in [0.4, 0.5) is 0 Å². The Morgan fingerprint density at radius 3 is 2.14 bits per heavy atom. The van der Waals surface area contributed by atoms with Gasteiger partial charge in [0, 0.05) is 54.0 Å². The number of H-pyrrole nitrogens is 2. The summed E-state index contributed by atoms with van der Waals surface area (Å²) < 4.78 is 0. The third-order valence-corrected chi connectivity index (χ3v) is 7.17. The van der Waals surface area contributed by atoms with E-state index in [9.17, 15) is 24.3 Å². The van der Waals surface area contributed by atoms with E-state index in [-0.39, 0.29) is 25.0 Å². The van der Waals surface area contributed by atoms with Crippen molar-refractivity contribution in [2.45, 2.75) is 43.4 Å². The van der Waals surface area contributed by atoms with E-state index in [1.807, 2.05) is 42.5 Å². The predicted molar refractivity (Wildman–Crippen MR) is 160 cm³/mol. The van der Waals surface area contributed by atoms with Gasteiger partial charge in [0.1, 0.15) is 18.1 Å². The number of nitrogens with two attached hydrogens (primary N) is 1. The number of benzene rings is 2. The summed E-state index contributed by atoms with van der Waals surface area (Å²) in [7, 11) is 0. The molecule has 0 saturated carbocycles. The molecule has 3 amide bonds. The SMILES string of the molecule is NC(CS)C(=O)NC(Cc1ccccc1)C(=O)NC(Cc1cnc[nH]1)C(=O)NC(Cc1c[nH]c2ccccc12)C(=O)O. The first kappa shape index (κ1) is 30.3. The van der Waals surface area contributed by atoms with Crippen molar-refractivity contribution >= 4 is 47.2 Å². The van der Waals surface area contributed by atoms with Gasteiger partial charge < -0.3 is 36.8 Å². The molecule has 0 fully saturated rings. The van der Waals surface area contributed by atoms with Crippen LogP contribution in [0.1, 0.15) is 16.8 Å². The van der Waals surface area contributed by atoms with Gasteiger partial charge in [0.15, 0.2) is 0 Å². The summed E-state index contributed by atoms with van der Waals surface area (Å²) in [6.45, 7) is 0. The molecule has 4 unspecified atom stereocenters. The van der Waals surface area contributed by atoms with Crippen molar-refractivity contribution < 1.29 is 24.3 Å². The van der Waals surface area contributed by atoms with Gasteiger partial charge in [-0.05, 0) is 17.2 Å². The van der Waals surface area contributed by atoms with Crippen molar-refractivity contribution in [3.63, 3.8) is 0 Å². The lowest BCUT2D eigenvalue weighted by atomic mass is 10.0. The van der Waals surface area contributed by atoms with Crippen LogP contribution in [0.25, 0.3) is 10.9 Å². The van der Waals surface area contributed by atoms with Gasteiger partial charge in [-0.3, -0.25) is 14.4 Å². The average Bonchev–Trinajstić information content (AvgIpc) is 3.66. The van der Waals surface area contributed by atoms with Crippen molar-refractivity contribution in [2.75, 3.05) is 5.75 Å². The number of nitrogens with zero attached hydrogens (tertiary/aromatic N) is 1. The fraction of sp³-hybridized carbons (Fsp3) is 0.276. The molecule has 0 bridgehead atoms. The summed E-state index contributed by atoms with van der Waals surface area (Å²) in [4.78, 5) is 61.8. The summed E-state index contributed by atoms with van der Waals surface area (Å²) in [6.07, 6.45) is 4.79. The van der Waals surface area contributed by atoms with Crippen LogP contribution >= 0.6 is 12.6 Å². The highest BCUT2D eigenvalue weighted by Crippen LogP contribution is 2.19. The predicted octanol–water partition coefficient (Wildman–Crippen LogP) is 0.715. The smallest absolute Gasteiger partial charge is 0.326 e. The minimum atomic E-state index is -1.27. The van der Waals surface area contributed by atoms with Crippen molar-refractivity contribution in [3.8, 4) is 0 Å². The van der Waals surface area contributed by atoms with Gasteiger partial charge in [-0.25, -0.2) is 9.78 Å². The first-order chi connectivity index (χ1) is 20.2. The maximum Gasteiger partial charge on any atom is 0.326 e. The van der Waals surface area contributed by atoms with Crippen LogP contribution in [0, 0.1) is 0 Å². The minimum Gasteiger partial charge on any atom is -0.480 e. The number of carbonyl (C=O) groups excluding carboxylic acids is 3. The monoisotopic (exact) mass is 591 g/mol. The second kappa shape index (κ2) is 14.3. The Kier molecular flexibility index (Phi) is 10.3. The second-order valence-electron chi connectivity index (χ2n) is 9.85. The zero-order chi connectivity index (χ0) is 30.1. The van der Waals surface area contributed by atoms with Gasteiger partial charge in [0.25, 0.3) is 0 Å². The maximum atomic E-state index is 13.5. The van der Waals surface area contributed by atoms with Crippen molar-refractivity contribution in [3.05, 3.63) is 90.1 Å². The number of thiol groups is 1. The zero-order valence-electron chi connectivity index (χ0n) is 22.6. The Hall–Kier alpha value is -4.62. The highest BCUT2D eigenvalue weighted by Gasteiger charge is 2.31. The van der Waals surface area contributed by atoms with Gasteiger partial charge in [-0.15, -0.1) is 0 Å². The molecule has 0 radical (unpaired) electrons. The molecule has 4 atom stereocenters. The minimum absolute atomic E-state index is 0.000838. The van der Waals surface area contributed by atoms with Gasteiger partial charge in [0.05, 0.1) is 12.4 Å². The molecule has 0 spiro atoms. The molecule has 42 heavy (non-hydrogen) atoms. The fourth-order valence-electron chi connectivity index (χ4n) is 4.51. The summed E-state index contributed by atoms with van der Waals surface area (Å²) in [5.41, 5.74) is 8.70. The Morgan fingerprint density at radius 1 is 0.833 bits per heavy atom. The molecular formula is C29H33N7O5S. The molecule has 13 heteroatoms. The average molecular weight is 592 g/mol. The van der Waals surface area contributed by atoms with Crippen LogP contribution in [-0.2, 0) is 38.4 Å². The molecule has 8 N–H and O–H groups in total. The molecular weight excluding hydrogens is 558 g/mol. The molecule has 2 heterocycles. The lowest BCUT2D eigenvalue weighted by Crippen LogP contribution is -2.58. The van der Waals surface area contributed by atoms with Crippen LogP contribution in [-0.4, -0.2) is 73.7 Å². The number of carbonyl (C=O) groups is 4. The molecule has 12 nitrogen and oxygen atoms in total. The lowest BCUT2D eigenvalue weighted by molar-refractivity contribution is -0.142. The van der Waals surface area contributed by atoms with Crippen LogP contribution in [0.5, 0.6) is 0 Å². The molecule has 2 aromatic heterocycles. The Morgan fingerprint density at radius 2 is 1.48 bits per heavy atom. The number of rotatable bonds is 14. The van der Waals surface area contributed by atoms with E-state index < -0.39 is 47.9 Å². The number of nitrogens with one attached hydrogen (secondary N) is 5. The first-order valence-electron chi connectivity index (χ1n) is 13.3. The number of aromatic amines is 2. The van der Waals surface area contributed by atoms with E-state index in [4.69, 9.17) is 5.73 Å². The van der Waals surface area contributed by atoms with Crippen LogP contribution in [0.2, 0.25) is 0 Å². The highest BCUT2D eigenvalue weighted by atomic mass is 32.1. The number of fused-ring (bicyclic) bond motifs is 1. The van der Waals surface area contributed by atoms with E-state index in [1.165, 1.54) is 12.5 Å². The van der Waals surface area contributed by atoms with Gasteiger partial charge >= 0.3 is 5.97 Å². The van der Waals surface area contributed by atoms with Crippen LogP contribution in [0.3, 0.4) is 0 Å². The number of hydrogen-bond acceptors (Lipinski definition) is 7. The van der Waals surface area contributed by atoms with Crippen molar-refractivity contribution in [2.24, 2.45) is 5.73 Å². The normalized spacial score (nSPS) is 14.0. The second-order valence-corrected chi connectivity index (χ2v) is 10.2. The number of hydrogen-bond donors (Lipinski definition) is 8. The first-order valence-corrected chi connectivity index (χ1v) is 13.9. The molecule has 220 valence electrons. The number of para-hydroxylation sites is 1. The lowest BCUT2D eigenvalue weighted by Gasteiger charge is -2.25. The number of carboxylic acid groups (broad SMARTS) is 1. The van der Waals surface area contributed by atoms with E-state index >= 15 is 0 Å². The summed E-state index contributed by atoms with van der Waals surface area (Å²) in [5.74, 6) is -3.07. The fourth-order valence-corrected chi connectivity index (χ4v) is 4.68. The van der Waals surface area contributed by atoms with Crippen molar-refractivity contribution in [1.29, 1.82) is 0 Å². The highest BCUT2D eigenvalue weighted by molar-refractivity contribution is 7.80. The Labute approximate surface area is 247 Å². The third-order valence-electron chi connectivity index (χ3n) is 6.77. The van der Waals surface area contributed by atoms with Gasteiger partial charge in [0.2, 0.25) is 17.7 Å². The topological polar surface area (TPSA) is 195 Å². The van der Waals surface area contributed by atoms with E-state index in [1.54, 1.807) is 18.3 Å². The summed E-state index contributed by atoms with van der Waals surface area (Å²) >= 11 is 4.06. The Bertz CT molecular complexity index is 1510. The summed E-state index contributed by atoms with van der Waals surface area (Å²) in [6, 6.07) is 12.0. The number of aliphatic carboxylic acids is 1. The molecule has 4 aromatic rings. The standard InChI is InChI=1S/C29H33N7O5S/c30-21(15-42)26(37)34-23(10-17-6-2-1-3-7-17)27(38)35-24(12-19-14-31-16-33-19)28(39)36-25(29(40)41)11-18-13-32-22-9-5-4-8-20(18)22/h1-9,13-14,16,21,23-25,32,42H,10-12,15,30H2,(H,31,33)(H,34,37)(H,35,38)(H,36,39)(H,40,41). The molecule has 0 saturated heterocycles. The largest absolute Gasteiger partial charge is 0.480 e. The van der Waals surface area contributed by atoms with E-state index in [0.29, 0.717) is 5.69 Å². The Balaban J connectivity index is 1.54. The van der Waals surface area contributed by atoms with Gasteiger partial charge in [-0.2, -0.15) is 12.6 Å². The van der Waals surface area contributed by atoms with Gasteiger partial charge in [-0.1, -0.05) is 48.5 Å². The molecule has 0 aliphatic carbocycles. The number of imidazole rings is 1. The van der Waals surface area contributed by atoms with E-state index in [0.717, 1.165) is 22.0 Å². The number of aromatic nitrogens is 3. The molecule has 2 aromatic carbocycles.